The first kappa shape index (κ1) is 17.4. The molecule has 20 heavy (non-hydrogen) atoms. The average molecular weight is 284 g/mol. The molecule has 3 atom stereocenters. The van der Waals surface area contributed by atoms with E-state index in [1.165, 1.54) is 19.3 Å². The molecule has 1 amide bonds. The minimum Gasteiger partial charge on any atom is -0.393 e. The zero-order valence-electron chi connectivity index (χ0n) is 13.4. The normalized spacial score (nSPS) is 24.6. The second-order valence-corrected chi connectivity index (χ2v) is 6.23. The Hall–Kier alpha value is -0.610. The summed E-state index contributed by atoms with van der Waals surface area (Å²) in [5.74, 6) is 0.429. The summed E-state index contributed by atoms with van der Waals surface area (Å²) in [6.07, 6.45) is 7.53. The van der Waals surface area contributed by atoms with Gasteiger partial charge in [0.05, 0.1) is 12.1 Å². The fourth-order valence-electron chi connectivity index (χ4n) is 2.86. The number of unbranched alkanes of at least 4 members (excludes halogenated alkanes) is 2. The number of rotatable bonds is 8. The van der Waals surface area contributed by atoms with E-state index in [1.54, 1.807) is 0 Å². The molecule has 0 spiro atoms. The number of nitrogens with one attached hydrogen (secondary N) is 1. The molecular formula is C16H32N2O2. The Balaban J connectivity index is 2.29. The van der Waals surface area contributed by atoms with Crippen LogP contribution in [0.3, 0.4) is 0 Å². The van der Waals surface area contributed by atoms with Gasteiger partial charge in [-0.3, -0.25) is 9.69 Å². The van der Waals surface area contributed by atoms with Crippen molar-refractivity contribution >= 4 is 5.91 Å². The van der Waals surface area contributed by atoms with Crippen LogP contribution in [0.1, 0.15) is 58.8 Å². The van der Waals surface area contributed by atoms with Crippen molar-refractivity contribution in [2.45, 2.75) is 70.9 Å². The van der Waals surface area contributed by atoms with Gasteiger partial charge in [0.1, 0.15) is 0 Å². The first-order valence-electron chi connectivity index (χ1n) is 8.22. The van der Waals surface area contributed by atoms with Gasteiger partial charge >= 0.3 is 0 Å². The Morgan fingerprint density at radius 2 is 2.05 bits per heavy atom. The van der Waals surface area contributed by atoms with Gasteiger partial charge in [0.25, 0.3) is 0 Å². The van der Waals surface area contributed by atoms with Crippen LogP contribution in [0.25, 0.3) is 0 Å². The van der Waals surface area contributed by atoms with Gasteiger partial charge < -0.3 is 10.4 Å². The SMILES string of the molecule is CCCCCNC(=O)C(C)N(C)CC1CCCCC1O. The lowest BCUT2D eigenvalue weighted by Crippen LogP contribution is -2.46. The lowest BCUT2D eigenvalue weighted by atomic mass is 9.86. The number of carbonyl (C=O) groups is 1. The number of aliphatic hydroxyl groups is 1. The highest BCUT2D eigenvalue weighted by atomic mass is 16.3. The van der Waals surface area contributed by atoms with Gasteiger partial charge in [-0.1, -0.05) is 32.6 Å². The van der Waals surface area contributed by atoms with Crippen molar-refractivity contribution in [3.05, 3.63) is 0 Å². The maximum absolute atomic E-state index is 12.1. The topological polar surface area (TPSA) is 52.6 Å². The monoisotopic (exact) mass is 284 g/mol. The third-order valence-electron chi connectivity index (χ3n) is 4.51. The molecule has 0 bridgehead atoms. The maximum atomic E-state index is 12.1. The van der Waals surface area contributed by atoms with Crippen molar-refractivity contribution in [3.63, 3.8) is 0 Å². The first-order chi connectivity index (χ1) is 9.56. The minimum atomic E-state index is -0.189. The van der Waals surface area contributed by atoms with Crippen molar-refractivity contribution in [2.75, 3.05) is 20.1 Å². The van der Waals surface area contributed by atoms with Crippen molar-refractivity contribution in [3.8, 4) is 0 Å². The quantitative estimate of drug-likeness (QED) is 0.672. The molecule has 2 N–H and O–H groups in total. The fourth-order valence-corrected chi connectivity index (χ4v) is 2.86. The number of likely N-dealkylation sites (N-methyl/N-ethyl adjacent to an activating group) is 1. The van der Waals surface area contributed by atoms with Crippen LogP contribution < -0.4 is 5.32 Å². The highest BCUT2D eigenvalue weighted by Crippen LogP contribution is 2.25. The Morgan fingerprint density at radius 3 is 2.70 bits per heavy atom. The van der Waals surface area contributed by atoms with Gasteiger partial charge in [-0.2, -0.15) is 0 Å². The van der Waals surface area contributed by atoms with E-state index < -0.39 is 0 Å². The van der Waals surface area contributed by atoms with Crippen LogP contribution in [0.2, 0.25) is 0 Å². The van der Waals surface area contributed by atoms with E-state index in [9.17, 15) is 9.90 Å². The smallest absolute Gasteiger partial charge is 0.237 e. The number of aliphatic hydroxyl groups excluding tert-OH is 1. The van der Waals surface area contributed by atoms with Crippen LogP contribution in [-0.4, -0.2) is 48.2 Å². The van der Waals surface area contributed by atoms with Crippen LogP contribution in [-0.2, 0) is 4.79 Å². The molecule has 0 radical (unpaired) electrons. The lowest BCUT2D eigenvalue weighted by molar-refractivity contribution is -0.125. The molecule has 1 fully saturated rings. The third kappa shape index (κ3) is 5.80. The zero-order chi connectivity index (χ0) is 15.0. The molecule has 118 valence electrons. The number of nitrogens with zero attached hydrogens (tertiary/aromatic N) is 1. The predicted molar refractivity (Wildman–Crippen MR) is 82.6 cm³/mol. The second kappa shape index (κ2) is 9.35. The molecule has 0 aromatic heterocycles. The summed E-state index contributed by atoms with van der Waals surface area (Å²) < 4.78 is 0. The maximum Gasteiger partial charge on any atom is 0.237 e. The first-order valence-corrected chi connectivity index (χ1v) is 8.22. The molecule has 1 rings (SSSR count). The van der Waals surface area contributed by atoms with Crippen LogP contribution >= 0.6 is 0 Å². The van der Waals surface area contributed by atoms with Gasteiger partial charge in [0, 0.05) is 13.1 Å². The van der Waals surface area contributed by atoms with Gasteiger partial charge in [-0.15, -0.1) is 0 Å². The Bertz CT molecular complexity index is 284. The van der Waals surface area contributed by atoms with E-state index in [1.807, 2.05) is 14.0 Å². The van der Waals surface area contributed by atoms with Crippen molar-refractivity contribution < 1.29 is 9.90 Å². The molecular weight excluding hydrogens is 252 g/mol. The fraction of sp³-hybridized carbons (Fsp3) is 0.938. The highest BCUT2D eigenvalue weighted by molar-refractivity contribution is 5.81. The number of amides is 1. The molecule has 1 aliphatic carbocycles. The van der Waals surface area contributed by atoms with Crippen LogP contribution in [0.5, 0.6) is 0 Å². The summed E-state index contributed by atoms with van der Waals surface area (Å²) in [4.78, 5) is 14.1. The molecule has 0 aromatic carbocycles. The molecule has 4 nitrogen and oxygen atoms in total. The summed E-state index contributed by atoms with van der Waals surface area (Å²) in [5, 5.41) is 13.0. The molecule has 0 aromatic rings. The summed E-state index contributed by atoms with van der Waals surface area (Å²) >= 11 is 0. The second-order valence-electron chi connectivity index (χ2n) is 6.23. The Labute approximate surface area is 123 Å². The zero-order valence-corrected chi connectivity index (χ0v) is 13.4. The van der Waals surface area contributed by atoms with Crippen molar-refractivity contribution in [2.24, 2.45) is 5.92 Å². The van der Waals surface area contributed by atoms with E-state index in [0.717, 1.165) is 38.8 Å². The molecule has 4 heteroatoms. The molecule has 0 heterocycles. The Kier molecular flexibility index (Phi) is 8.15. The molecule has 1 aliphatic rings. The lowest BCUT2D eigenvalue weighted by Gasteiger charge is -2.33. The summed E-state index contributed by atoms with van der Waals surface area (Å²) in [6, 6.07) is -0.120. The molecule has 1 saturated carbocycles. The van der Waals surface area contributed by atoms with E-state index in [0.29, 0.717) is 5.92 Å². The third-order valence-corrected chi connectivity index (χ3v) is 4.51. The largest absolute Gasteiger partial charge is 0.393 e. The predicted octanol–water partition coefficient (Wildman–Crippen LogP) is 2.16. The number of hydrogen-bond acceptors (Lipinski definition) is 3. The molecule has 3 unspecified atom stereocenters. The van der Waals surface area contributed by atoms with E-state index in [-0.39, 0.29) is 18.1 Å². The average Bonchev–Trinajstić information content (AvgIpc) is 2.45. The van der Waals surface area contributed by atoms with Crippen molar-refractivity contribution in [1.29, 1.82) is 0 Å². The summed E-state index contributed by atoms with van der Waals surface area (Å²) in [7, 11) is 1.98. The Morgan fingerprint density at radius 1 is 1.35 bits per heavy atom. The number of hydrogen-bond donors (Lipinski definition) is 2. The van der Waals surface area contributed by atoms with Crippen LogP contribution in [0.4, 0.5) is 0 Å². The van der Waals surface area contributed by atoms with E-state index in [2.05, 4.69) is 17.1 Å². The minimum absolute atomic E-state index is 0.105. The van der Waals surface area contributed by atoms with Crippen molar-refractivity contribution in [1.82, 2.24) is 10.2 Å². The van der Waals surface area contributed by atoms with E-state index in [4.69, 9.17) is 0 Å². The van der Waals surface area contributed by atoms with Crippen LogP contribution in [0, 0.1) is 5.92 Å². The highest BCUT2D eigenvalue weighted by Gasteiger charge is 2.27. The summed E-state index contributed by atoms with van der Waals surface area (Å²) in [5.41, 5.74) is 0. The van der Waals surface area contributed by atoms with Gasteiger partial charge in [0.2, 0.25) is 5.91 Å². The van der Waals surface area contributed by atoms with Crippen LogP contribution in [0.15, 0.2) is 0 Å². The standard InChI is InChI=1S/C16H32N2O2/c1-4-5-8-11-17-16(20)13(2)18(3)12-14-9-6-7-10-15(14)19/h13-15,19H,4-12H2,1-3H3,(H,17,20). The number of carbonyl (C=O) groups excluding carboxylic acids is 1. The van der Waals surface area contributed by atoms with Gasteiger partial charge in [-0.05, 0) is 39.2 Å². The molecule has 0 saturated heterocycles. The van der Waals surface area contributed by atoms with Gasteiger partial charge in [-0.25, -0.2) is 0 Å². The summed E-state index contributed by atoms with van der Waals surface area (Å²) in [6.45, 7) is 5.69. The van der Waals surface area contributed by atoms with E-state index >= 15 is 0 Å². The molecule has 0 aliphatic heterocycles. The van der Waals surface area contributed by atoms with Gasteiger partial charge in [0.15, 0.2) is 0 Å².